The van der Waals surface area contributed by atoms with Gasteiger partial charge in [-0.15, -0.1) is 0 Å². The number of ether oxygens (including phenoxy) is 2. The maximum Gasteiger partial charge on any atom is 0.410 e. The first-order valence-corrected chi connectivity index (χ1v) is 9.19. The Kier molecular flexibility index (Phi) is 4.97. The number of rotatable bonds is 1. The Bertz CT molecular complexity index is 677. The average molecular weight is 386 g/mol. The molecular weight excluding hydrogens is 361 g/mol. The Morgan fingerprint density at radius 3 is 2.54 bits per heavy atom. The van der Waals surface area contributed by atoms with Crippen LogP contribution in [-0.2, 0) is 15.1 Å². The number of likely N-dealkylation sites (tertiary alicyclic amines) is 1. The maximum absolute atomic E-state index is 13.7. The molecule has 1 amide bonds. The van der Waals surface area contributed by atoms with Crippen LogP contribution in [0, 0.1) is 5.82 Å². The quantitative estimate of drug-likeness (QED) is 0.797. The molecule has 1 atom stereocenters. The molecule has 0 bridgehead atoms. The number of carbonyl (C=O) groups is 1. The van der Waals surface area contributed by atoms with Crippen LogP contribution in [0.3, 0.4) is 0 Å². The summed E-state index contributed by atoms with van der Waals surface area (Å²) in [6, 6.07) is 4.08. The van der Waals surface area contributed by atoms with Crippen LogP contribution in [0.5, 0.6) is 0 Å². The summed E-state index contributed by atoms with van der Waals surface area (Å²) < 4.78 is 25.0. The molecule has 0 radical (unpaired) electrons. The third kappa shape index (κ3) is 4.13. The van der Waals surface area contributed by atoms with Gasteiger partial charge in [0.15, 0.2) is 0 Å². The molecule has 1 spiro atoms. The van der Waals surface area contributed by atoms with Gasteiger partial charge in [0.2, 0.25) is 0 Å². The second kappa shape index (κ2) is 6.66. The monoisotopic (exact) mass is 385 g/mol. The number of amides is 1. The van der Waals surface area contributed by atoms with Gasteiger partial charge in [0.25, 0.3) is 0 Å². The van der Waals surface area contributed by atoms with E-state index in [1.807, 2.05) is 20.8 Å². The van der Waals surface area contributed by atoms with Crippen LogP contribution < -0.4 is 0 Å². The Hall–Kier alpha value is -1.37. The van der Waals surface area contributed by atoms with Crippen LogP contribution in [-0.4, -0.2) is 47.0 Å². The molecular formula is C19H25ClFNO4. The van der Waals surface area contributed by atoms with Crippen molar-refractivity contribution in [1.82, 2.24) is 4.90 Å². The van der Waals surface area contributed by atoms with Crippen LogP contribution >= 0.6 is 11.6 Å². The summed E-state index contributed by atoms with van der Waals surface area (Å²) in [6.07, 6.45) is 1.20. The fraction of sp³-hybridized carbons (Fsp3) is 0.632. The molecule has 0 aliphatic carbocycles. The van der Waals surface area contributed by atoms with Crippen molar-refractivity contribution in [2.24, 2.45) is 0 Å². The highest BCUT2D eigenvalue weighted by atomic mass is 35.5. The van der Waals surface area contributed by atoms with E-state index in [1.54, 1.807) is 11.0 Å². The van der Waals surface area contributed by atoms with E-state index in [4.69, 9.17) is 21.1 Å². The fourth-order valence-electron chi connectivity index (χ4n) is 3.66. The zero-order valence-electron chi connectivity index (χ0n) is 15.3. The molecule has 0 aromatic heterocycles. The van der Waals surface area contributed by atoms with E-state index in [2.05, 4.69) is 0 Å². The van der Waals surface area contributed by atoms with E-state index in [0.29, 0.717) is 37.9 Å². The van der Waals surface area contributed by atoms with Gasteiger partial charge < -0.3 is 19.5 Å². The lowest BCUT2D eigenvalue weighted by Crippen LogP contribution is -2.48. The van der Waals surface area contributed by atoms with Crippen LogP contribution in [0.25, 0.3) is 0 Å². The summed E-state index contributed by atoms with van der Waals surface area (Å²) in [5.41, 5.74) is -1.91. The van der Waals surface area contributed by atoms with Gasteiger partial charge in [0, 0.05) is 24.5 Å². The number of hydrogen-bond acceptors (Lipinski definition) is 4. The predicted octanol–water partition coefficient (Wildman–Crippen LogP) is 3.86. The summed E-state index contributed by atoms with van der Waals surface area (Å²) >= 11 is 5.92. The summed E-state index contributed by atoms with van der Waals surface area (Å²) in [7, 11) is 0. The minimum absolute atomic E-state index is 0.0826. The molecule has 1 unspecified atom stereocenters. The lowest BCUT2D eigenvalue weighted by molar-refractivity contribution is -0.0513. The number of carbonyl (C=O) groups excluding carboxylic acids is 1. The minimum Gasteiger partial charge on any atom is -0.444 e. The van der Waals surface area contributed by atoms with Crippen molar-refractivity contribution in [2.75, 3.05) is 19.7 Å². The van der Waals surface area contributed by atoms with Gasteiger partial charge >= 0.3 is 6.09 Å². The molecule has 1 N–H and O–H groups in total. The Morgan fingerprint density at radius 1 is 1.31 bits per heavy atom. The third-order valence-corrected chi connectivity index (χ3v) is 5.18. The van der Waals surface area contributed by atoms with Gasteiger partial charge in [-0.3, -0.25) is 0 Å². The van der Waals surface area contributed by atoms with E-state index in [0.717, 1.165) is 0 Å². The highest BCUT2D eigenvalue weighted by Gasteiger charge is 2.51. The Morgan fingerprint density at radius 2 is 1.96 bits per heavy atom. The predicted molar refractivity (Wildman–Crippen MR) is 95.6 cm³/mol. The van der Waals surface area contributed by atoms with Crippen LogP contribution in [0.2, 0.25) is 5.02 Å². The normalized spacial score (nSPS) is 25.5. The average Bonchev–Trinajstić information content (AvgIpc) is 2.83. The standard InChI is InChI=1S/C19H25ClFNO4/c1-17(2,3)26-16(23)22-6-4-18(5-7-22)11-19(24,12-25-18)13-8-14(20)10-15(21)9-13/h8-10,24H,4-7,11-12H2,1-3H3. The zero-order chi connectivity index (χ0) is 19.2. The van der Waals surface area contributed by atoms with Crippen molar-refractivity contribution in [3.8, 4) is 0 Å². The van der Waals surface area contributed by atoms with E-state index in [1.165, 1.54) is 12.1 Å². The largest absolute Gasteiger partial charge is 0.444 e. The molecule has 2 fully saturated rings. The van der Waals surface area contributed by atoms with Crippen LogP contribution in [0.15, 0.2) is 18.2 Å². The second-order valence-corrected chi connectivity index (χ2v) is 8.74. The number of piperidine rings is 1. The zero-order valence-corrected chi connectivity index (χ0v) is 16.1. The van der Waals surface area contributed by atoms with E-state index in [9.17, 15) is 14.3 Å². The molecule has 144 valence electrons. The van der Waals surface area contributed by atoms with Crippen molar-refractivity contribution in [3.63, 3.8) is 0 Å². The maximum atomic E-state index is 13.7. The van der Waals surface area contributed by atoms with Crippen molar-refractivity contribution < 1.29 is 23.8 Å². The Balaban J connectivity index is 1.66. The van der Waals surface area contributed by atoms with Gasteiger partial charge in [0.1, 0.15) is 17.0 Å². The first kappa shape index (κ1) is 19.4. The molecule has 5 nitrogen and oxygen atoms in total. The number of benzene rings is 1. The molecule has 0 saturated carbocycles. The molecule has 2 saturated heterocycles. The topological polar surface area (TPSA) is 59.0 Å². The summed E-state index contributed by atoms with van der Waals surface area (Å²) in [4.78, 5) is 13.9. The molecule has 1 aromatic rings. The van der Waals surface area contributed by atoms with Gasteiger partial charge in [-0.25, -0.2) is 9.18 Å². The SMILES string of the molecule is CC(C)(C)OC(=O)N1CCC2(CC1)CC(O)(c1cc(F)cc(Cl)c1)CO2. The number of nitrogens with zero attached hydrogens (tertiary/aromatic N) is 1. The van der Waals surface area contributed by atoms with Crippen molar-refractivity contribution in [2.45, 2.75) is 56.8 Å². The van der Waals surface area contributed by atoms with Gasteiger partial charge in [-0.2, -0.15) is 0 Å². The molecule has 1 aromatic carbocycles. The number of halogens is 2. The molecule has 7 heteroatoms. The van der Waals surface area contributed by atoms with Crippen LogP contribution in [0.4, 0.5) is 9.18 Å². The fourth-order valence-corrected chi connectivity index (χ4v) is 3.88. The Labute approximate surface area is 158 Å². The summed E-state index contributed by atoms with van der Waals surface area (Å²) in [5, 5.41) is 11.2. The lowest BCUT2D eigenvalue weighted by atomic mass is 9.80. The summed E-state index contributed by atoms with van der Waals surface area (Å²) in [6.45, 7) is 6.57. The van der Waals surface area contributed by atoms with Crippen LogP contribution in [0.1, 0.15) is 45.6 Å². The van der Waals surface area contributed by atoms with Crippen molar-refractivity contribution in [3.05, 3.63) is 34.6 Å². The first-order chi connectivity index (χ1) is 12.0. The van der Waals surface area contributed by atoms with Crippen molar-refractivity contribution in [1.29, 1.82) is 0 Å². The van der Waals surface area contributed by atoms with E-state index < -0.39 is 22.6 Å². The smallest absolute Gasteiger partial charge is 0.410 e. The third-order valence-electron chi connectivity index (χ3n) is 4.96. The molecule has 2 heterocycles. The van der Waals surface area contributed by atoms with Gasteiger partial charge in [0.05, 0.1) is 12.2 Å². The molecule has 26 heavy (non-hydrogen) atoms. The van der Waals surface area contributed by atoms with E-state index >= 15 is 0 Å². The summed E-state index contributed by atoms with van der Waals surface area (Å²) in [5.74, 6) is -0.485. The van der Waals surface area contributed by atoms with Gasteiger partial charge in [-0.05, 0) is 57.4 Å². The minimum atomic E-state index is -1.28. The highest BCUT2D eigenvalue weighted by Crippen LogP contribution is 2.45. The molecule has 2 aliphatic heterocycles. The van der Waals surface area contributed by atoms with Gasteiger partial charge in [-0.1, -0.05) is 11.6 Å². The first-order valence-electron chi connectivity index (χ1n) is 8.81. The van der Waals surface area contributed by atoms with E-state index in [-0.39, 0.29) is 17.7 Å². The highest BCUT2D eigenvalue weighted by molar-refractivity contribution is 6.30. The number of aliphatic hydroxyl groups is 1. The molecule has 3 rings (SSSR count). The van der Waals surface area contributed by atoms with Crippen molar-refractivity contribution >= 4 is 17.7 Å². The number of hydrogen-bond donors (Lipinski definition) is 1. The molecule has 2 aliphatic rings. The lowest BCUT2D eigenvalue weighted by Gasteiger charge is -2.39. The second-order valence-electron chi connectivity index (χ2n) is 8.31.